The van der Waals surface area contributed by atoms with E-state index < -0.39 is 11.9 Å². The van der Waals surface area contributed by atoms with Crippen molar-refractivity contribution >= 4 is 40.8 Å². The second-order valence-electron chi connectivity index (χ2n) is 10.8. The fourth-order valence-corrected chi connectivity index (χ4v) is 5.29. The van der Waals surface area contributed by atoms with Crippen molar-refractivity contribution in [3.63, 3.8) is 0 Å². The highest BCUT2D eigenvalue weighted by molar-refractivity contribution is 5.95. The van der Waals surface area contributed by atoms with Gasteiger partial charge in [-0.3, -0.25) is 9.69 Å². The van der Waals surface area contributed by atoms with Gasteiger partial charge in [0, 0.05) is 45.3 Å². The maximum Gasteiger partial charge on any atom is 0.272 e. The molecular weight excluding hydrogens is 610 g/mol. The summed E-state index contributed by atoms with van der Waals surface area (Å²) in [4.78, 5) is 51.9. The Hall–Kier alpha value is -6.68. The number of hydrogen-bond acceptors (Lipinski definition) is 11. The Bertz CT molecular complexity index is 2070. The van der Waals surface area contributed by atoms with E-state index in [-0.39, 0.29) is 17.1 Å². The molecule has 240 valence electrons. The number of imidazole rings is 1. The summed E-state index contributed by atoms with van der Waals surface area (Å²) >= 11 is 0. The Morgan fingerprint density at radius 2 is 1.88 bits per heavy atom. The summed E-state index contributed by atoms with van der Waals surface area (Å²) in [6, 6.07) is 14.1. The molecule has 2 aliphatic rings. The van der Waals surface area contributed by atoms with Crippen molar-refractivity contribution in [2.24, 2.45) is 0 Å². The van der Waals surface area contributed by atoms with Crippen LogP contribution < -0.4 is 25.2 Å². The summed E-state index contributed by atoms with van der Waals surface area (Å²) in [5, 5.41) is 10.8. The van der Waals surface area contributed by atoms with Gasteiger partial charge >= 0.3 is 0 Å². The summed E-state index contributed by atoms with van der Waals surface area (Å²) in [7, 11) is 5.22. The van der Waals surface area contributed by atoms with Gasteiger partial charge in [0.05, 0.1) is 30.7 Å². The van der Waals surface area contributed by atoms with E-state index in [0.29, 0.717) is 35.2 Å². The lowest BCUT2D eigenvalue weighted by Gasteiger charge is -2.25. The lowest BCUT2D eigenvalue weighted by atomic mass is 10.2. The van der Waals surface area contributed by atoms with Gasteiger partial charge in [0.15, 0.2) is 28.8 Å². The molecule has 6 rings (SSSR count). The van der Waals surface area contributed by atoms with Crippen molar-refractivity contribution in [1.82, 2.24) is 29.8 Å². The monoisotopic (exact) mass is 641 g/mol. The number of allylic oxidation sites excluding steroid dienone is 4. The minimum atomic E-state index is -0.740. The van der Waals surface area contributed by atoms with Crippen molar-refractivity contribution in [3.8, 4) is 5.75 Å². The van der Waals surface area contributed by atoms with Gasteiger partial charge in [-0.15, -0.1) is 5.10 Å². The van der Waals surface area contributed by atoms with Crippen LogP contribution in [0, 0.1) is 0 Å². The Morgan fingerprint density at radius 3 is 2.60 bits per heavy atom. The molecule has 13 heteroatoms. The highest BCUT2D eigenvalue weighted by Crippen LogP contribution is 2.29. The van der Waals surface area contributed by atoms with Crippen LogP contribution in [0.1, 0.15) is 16.1 Å². The van der Waals surface area contributed by atoms with Crippen LogP contribution in [0.25, 0.3) is 5.65 Å². The van der Waals surface area contributed by atoms with Crippen LogP contribution in [0.2, 0.25) is 0 Å². The van der Waals surface area contributed by atoms with Crippen LogP contribution in [-0.4, -0.2) is 69.5 Å². The van der Waals surface area contributed by atoms with Crippen molar-refractivity contribution in [3.05, 3.63) is 132 Å². The molecule has 1 aromatic carbocycles. The van der Waals surface area contributed by atoms with Crippen molar-refractivity contribution in [2.45, 2.75) is 12.6 Å². The number of methoxy groups -OCH3 is 1. The molecule has 0 unspecified atom stereocenters. The fraction of sp³-hybridized carbons (Fsp3) is 0.143. The first-order chi connectivity index (χ1) is 23.4. The number of aromatic nitrogens is 4. The first-order valence-corrected chi connectivity index (χ1v) is 14.9. The average molecular weight is 642 g/mol. The fourth-order valence-electron chi connectivity index (χ4n) is 5.29. The van der Waals surface area contributed by atoms with E-state index in [9.17, 15) is 14.4 Å². The lowest BCUT2D eigenvalue weighted by Crippen LogP contribution is -2.39. The van der Waals surface area contributed by atoms with Gasteiger partial charge in [0.2, 0.25) is 0 Å². The number of pyridine rings is 1. The number of hydrogen-bond donors (Lipinski definition) is 2. The second kappa shape index (κ2) is 13.8. The molecule has 0 bridgehead atoms. The number of benzene rings is 1. The normalized spacial score (nSPS) is 15.5. The number of nitrogens with one attached hydrogen (secondary N) is 2. The molecule has 2 aliphatic heterocycles. The Kier molecular flexibility index (Phi) is 8.97. The predicted molar refractivity (Wildman–Crippen MR) is 181 cm³/mol. The van der Waals surface area contributed by atoms with Gasteiger partial charge in [-0.05, 0) is 48.1 Å². The number of carbonyl (C=O) groups is 1. The third kappa shape index (κ3) is 6.35. The first-order valence-electron chi connectivity index (χ1n) is 14.9. The maximum atomic E-state index is 13.7. The molecule has 5 heterocycles. The Morgan fingerprint density at radius 1 is 1.04 bits per heavy atom. The van der Waals surface area contributed by atoms with E-state index in [1.165, 1.54) is 10.7 Å². The first kappa shape index (κ1) is 31.3. The molecule has 48 heavy (non-hydrogen) atoms. The number of anilines is 3. The van der Waals surface area contributed by atoms with E-state index >= 15 is 0 Å². The number of amides is 1. The summed E-state index contributed by atoms with van der Waals surface area (Å²) in [6.45, 7) is 0.496. The molecule has 1 amide bonds. The third-order valence-electron chi connectivity index (χ3n) is 7.71. The summed E-state index contributed by atoms with van der Waals surface area (Å²) in [5.41, 5.74) is 3.06. The zero-order valence-corrected chi connectivity index (χ0v) is 26.4. The maximum absolute atomic E-state index is 13.7. The number of ether oxygens (including phenoxy) is 1. The average Bonchev–Trinajstić information content (AvgIpc) is 3.46. The molecule has 13 nitrogen and oxygen atoms in total. The predicted octanol–water partition coefficient (Wildman–Crippen LogP) is 3.64. The topological polar surface area (TPSA) is 137 Å². The van der Waals surface area contributed by atoms with Gasteiger partial charge in [0.1, 0.15) is 23.2 Å². The molecule has 0 radical (unpaired) electrons. The van der Waals surface area contributed by atoms with Crippen molar-refractivity contribution in [1.29, 1.82) is 0 Å². The molecule has 0 aliphatic carbocycles. The molecule has 2 N–H and O–H groups in total. The number of rotatable bonds is 9. The number of fused-ring (bicyclic) bond motifs is 1. The smallest absolute Gasteiger partial charge is 0.272 e. The van der Waals surface area contributed by atoms with E-state index in [1.807, 2.05) is 54.2 Å². The molecule has 1 atom stereocenters. The number of nitrogens with zero attached hydrogens (tertiary/aromatic N) is 7. The zero-order chi connectivity index (χ0) is 33.6. The van der Waals surface area contributed by atoms with Gasteiger partial charge in [0.25, 0.3) is 5.91 Å². The molecule has 4 aromatic rings. The minimum Gasteiger partial charge on any atom is -0.497 e. The van der Waals surface area contributed by atoms with E-state index in [0.717, 1.165) is 11.3 Å². The highest BCUT2D eigenvalue weighted by Gasteiger charge is 2.25. The van der Waals surface area contributed by atoms with Crippen LogP contribution in [0.3, 0.4) is 0 Å². The number of likely N-dealkylation sites (N-methyl/N-ethyl adjacent to an activating group) is 1. The minimum absolute atomic E-state index is 0.130. The number of carbonyl (C=O) groups excluding carboxylic acids is 3. The lowest BCUT2D eigenvalue weighted by molar-refractivity contribution is 0.0939. The van der Waals surface area contributed by atoms with Crippen LogP contribution >= 0.6 is 0 Å². The van der Waals surface area contributed by atoms with Crippen molar-refractivity contribution < 1.29 is 19.1 Å². The molecule has 0 saturated heterocycles. The Labute approximate surface area is 276 Å². The largest absolute Gasteiger partial charge is 0.497 e. The van der Waals surface area contributed by atoms with E-state index in [2.05, 4.69) is 20.6 Å². The zero-order valence-electron chi connectivity index (χ0n) is 26.4. The molecular formula is C35H31N9O4. The van der Waals surface area contributed by atoms with Gasteiger partial charge in [-0.25, -0.2) is 24.1 Å². The van der Waals surface area contributed by atoms with Crippen LogP contribution in [0.5, 0.6) is 5.75 Å². The Balaban J connectivity index is 1.38. The van der Waals surface area contributed by atoms with Gasteiger partial charge < -0.3 is 25.2 Å². The highest BCUT2D eigenvalue weighted by atomic mass is 16.5. The van der Waals surface area contributed by atoms with Gasteiger partial charge in [-0.2, -0.15) is 0 Å². The third-order valence-corrected chi connectivity index (χ3v) is 7.71. The SMILES string of the molecule is COc1ccc(CN(C)c2cc(NC3=CC=CN(c4ccccn4)C3=C=O)nn3c(C(=O)N[C@@H]4C=CC=CN(C)C4=C=O)cnc23)cc1. The van der Waals surface area contributed by atoms with Gasteiger partial charge in [-0.1, -0.05) is 30.4 Å². The molecule has 0 saturated carbocycles. The molecule has 3 aromatic heterocycles. The van der Waals surface area contributed by atoms with Crippen molar-refractivity contribution in [2.75, 3.05) is 36.3 Å². The summed E-state index contributed by atoms with van der Waals surface area (Å²) < 4.78 is 6.74. The van der Waals surface area contributed by atoms with E-state index in [4.69, 9.17) is 9.84 Å². The van der Waals surface area contributed by atoms with E-state index in [1.54, 1.807) is 91.1 Å². The van der Waals surface area contributed by atoms with Crippen LogP contribution in [0.15, 0.2) is 121 Å². The standard InChI is InChI=1S/C35H31N9O4/c1-41-17-7-5-9-26(30(41)22-45)39-35(47)29-20-37-34-28(42(2)21-24-12-14-25(48-3)15-13-24)19-32(40-44(29)34)38-27-10-8-18-43(31(27)23-46)33-11-4-6-16-36-33/h4-20,26H,21H2,1-3H3,(H,38,40)(H,39,47)/t26-/m1/s1. The van der Waals surface area contributed by atoms with Crippen LogP contribution in [0.4, 0.5) is 17.3 Å². The quantitative estimate of drug-likeness (QED) is 0.259. The second-order valence-corrected chi connectivity index (χ2v) is 10.8. The summed E-state index contributed by atoms with van der Waals surface area (Å²) in [5.74, 6) is 5.04. The van der Waals surface area contributed by atoms with Crippen LogP contribution in [-0.2, 0) is 16.1 Å². The summed E-state index contributed by atoms with van der Waals surface area (Å²) in [6.07, 6.45) is 15.2. The molecule has 0 fully saturated rings. The molecule has 0 spiro atoms.